The molecule has 2 N–H and O–H groups in total. The van der Waals surface area contributed by atoms with E-state index >= 15 is 0 Å². The zero-order valence-corrected chi connectivity index (χ0v) is 15.6. The molecule has 1 amide bonds. The number of rotatable bonds is 9. The first-order valence-electron chi connectivity index (χ1n) is 9.66. The number of unbranched alkanes of at least 4 members (excludes halogenated alkanes) is 2. The van der Waals surface area contributed by atoms with Gasteiger partial charge in [0.15, 0.2) is 0 Å². The third kappa shape index (κ3) is 4.98. The largest absolute Gasteiger partial charge is 0.449 e. The molecule has 0 heterocycles. The zero-order valence-electron chi connectivity index (χ0n) is 15.6. The summed E-state index contributed by atoms with van der Waals surface area (Å²) < 4.78 is 5.50. The van der Waals surface area contributed by atoms with Crippen molar-refractivity contribution in [3.8, 4) is 11.1 Å². The third-order valence-electron chi connectivity index (χ3n) is 4.86. The van der Waals surface area contributed by atoms with Gasteiger partial charge >= 0.3 is 6.09 Å². The number of hydrogen-bond donors (Lipinski definition) is 2. The highest BCUT2D eigenvalue weighted by molar-refractivity contribution is 5.79. The van der Waals surface area contributed by atoms with Crippen LogP contribution in [0, 0.1) is 0 Å². The first-order valence-corrected chi connectivity index (χ1v) is 9.66. The predicted molar refractivity (Wildman–Crippen MR) is 108 cm³/mol. The van der Waals surface area contributed by atoms with Crippen molar-refractivity contribution < 1.29 is 14.6 Å². The van der Waals surface area contributed by atoms with E-state index in [1.54, 1.807) is 0 Å². The van der Waals surface area contributed by atoms with Crippen molar-refractivity contribution in [3.05, 3.63) is 71.8 Å². The van der Waals surface area contributed by atoms with Crippen LogP contribution in [-0.4, -0.2) is 31.0 Å². The number of ether oxygens (including phenoxy) is 1. The molecule has 0 atom stereocenters. The molecular weight excluding hydrogens is 338 g/mol. The van der Waals surface area contributed by atoms with E-state index in [4.69, 9.17) is 9.84 Å². The molecule has 1 aliphatic rings. The van der Waals surface area contributed by atoms with Crippen LogP contribution in [0.5, 0.6) is 0 Å². The minimum Gasteiger partial charge on any atom is -0.449 e. The van der Waals surface area contributed by atoms with Crippen molar-refractivity contribution >= 4 is 6.09 Å². The van der Waals surface area contributed by atoms with E-state index in [0.29, 0.717) is 13.2 Å². The molecule has 0 saturated heterocycles. The number of allylic oxidation sites excluding steroid dienone is 2. The Bertz CT molecular complexity index is 739. The summed E-state index contributed by atoms with van der Waals surface area (Å²) in [4.78, 5) is 12.0. The molecule has 2 aromatic rings. The van der Waals surface area contributed by atoms with E-state index in [0.717, 1.165) is 25.7 Å². The molecule has 4 nitrogen and oxygen atoms in total. The van der Waals surface area contributed by atoms with Crippen molar-refractivity contribution in [1.29, 1.82) is 0 Å². The Kier molecular flexibility index (Phi) is 7.05. The van der Waals surface area contributed by atoms with Gasteiger partial charge in [-0.1, -0.05) is 60.7 Å². The minimum absolute atomic E-state index is 0.0950. The van der Waals surface area contributed by atoms with E-state index in [1.165, 1.54) is 22.3 Å². The monoisotopic (exact) mass is 365 g/mol. The molecule has 0 unspecified atom stereocenters. The smallest absolute Gasteiger partial charge is 0.407 e. The maximum Gasteiger partial charge on any atom is 0.407 e. The Morgan fingerprint density at radius 2 is 1.56 bits per heavy atom. The van der Waals surface area contributed by atoms with E-state index in [-0.39, 0.29) is 18.6 Å². The fraction of sp³-hybridized carbons (Fsp3) is 0.348. The van der Waals surface area contributed by atoms with Gasteiger partial charge in [0.05, 0.1) is 0 Å². The quantitative estimate of drug-likeness (QED) is 0.503. The normalized spacial score (nSPS) is 12.8. The van der Waals surface area contributed by atoms with Gasteiger partial charge in [-0.25, -0.2) is 4.79 Å². The lowest BCUT2D eigenvalue weighted by Crippen LogP contribution is -2.26. The predicted octanol–water partition coefficient (Wildman–Crippen LogP) is 4.63. The lowest BCUT2D eigenvalue weighted by atomic mass is 9.98. The van der Waals surface area contributed by atoms with E-state index in [2.05, 4.69) is 41.7 Å². The van der Waals surface area contributed by atoms with Gasteiger partial charge in [0, 0.05) is 19.1 Å². The van der Waals surface area contributed by atoms with Gasteiger partial charge in [0.2, 0.25) is 0 Å². The van der Waals surface area contributed by atoms with E-state index < -0.39 is 0 Å². The average molecular weight is 365 g/mol. The highest BCUT2D eigenvalue weighted by atomic mass is 16.5. The zero-order chi connectivity index (χ0) is 18.9. The lowest BCUT2D eigenvalue weighted by molar-refractivity contribution is 0.143. The summed E-state index contributed by atoms with van der Waals surface area (Å²) >= 11 is 0. The second kappa shape index (κ2) is 9.93. The van der Waals surface area contributed by atoms with Gasteiger partial charge in [0.1, 0.15) is 6.61 Å². The number of fused-ring (bicyclic) bond motifs is 3. The number of carbonyl (C=O) groups excluding carboxylic acids is 1. The van der Waals surface area contributed by atoms with Crippen LogP contribution in [0.3, 0.4) is 0 Å². The Morgan fingerprint density at radius 3 is 2.19 bits per heavy atom. The first kappa shape index (κ1) is 19.2. The van der Waals surface area contributed by atoms with Crippen LogP contribution in [0.1, 0.15) is 42.7 Å². The molecule has 0 saturated carbocycles. The molecule has 142 valence electrons. The summed E-state index contributed by atoms with van der Waals surface area (Å²) in [5.41, 5.74) is 4.91. The number of amides is 1. The molecule has 4 heteroatoms. The maximum atomic E-state index is 12.0. The SMILES string of the molecule is O=C(NCCC/C=C\CCCO)OCC1c2ccccc2-c2ccccc21. The fourth-order valence-corrected chi connectivity index (χ4v) is 3.50. The van der Waals surface area contributed by atoms with Crippen LogP contribution in [0.2, 0.25) is 0 Å². The van der Waals surface area contributed by atoms with Gasteiger partial charge in [-0.2, -0.15) is 0 Å². The molecule has 27 heavy (non-hydrogen) atoms. The van der Waals surface area contributed by atoms with Gasteiger partial charge in [-0.15, -0.1) is 0 Å². The Morgan fingerprint density at radius 1 is 0.963 bits per heavy atom. The third-order valence-corrected chi connectivity index (χ3v) is 4.86. The Hall–Kier alpha value is -2.59. The van der Waals surface area contributed by atoms with Crippen molar-refractivity contribution in [3.63, 3.8) is 0 Å². The number of nitrogens with one attached hydrogen (secondary N) is 1. The molecular formula is C23H27NO3. The Balaban J connectivity index is 1.45. The lowest BCUT2D eigenvalue weighted by Gasteiger charge is -2.14. The van der Waals surface area contributed by atoms with Crippen LogP contribution >= 0.6 is 0 Å². The number of aliphatic hydroxyl groups excluding tert-OH is 1. The molecule has 3 rings (SSSR count). The van der Waals surface area contributed by atoms with Crippen LogP contribution < -0.4 is 5.32 Å². The summed E-state index contributed by atoms with van der Waals surface area (Å²) in [6.07, 6.45) is 7.29. The summed E-state index contributed by atoms with van der Waals surface area (Å²) in [6.45, 7) is 1.18. The second-order valence-corrected chi connectivity index (χ2v) is 6.73. The molecule has 0 bridgehead atoms. The fourth-order valence-electron chi connectivity index (χ4n) is 3.50. The molecule has 0 aliphatic heterocycles. The summed E-state index contributed by atoms with van der Waals surface area (Å²) in [5, 5.41) is 11.5. The van der Waals surface area contributed by atoms with Gasteiger partial charge in [-0.05, 0) is 47.9 Å². The number of aliphatic hydroxyl groups is 1. The van der Waals surface area contributed by atoms with Gasteiger partial charge in [-0.3, -0.25) is 0 Å². The number of alkyl carbamates (subject to hydrolysis) is 1. The molecule has 0 spiro atoms. The molecule has 0 aromatic heterocycles. The van der Waals surface area contributed by atoms with Crippen LogP contribution in [0.25, 0.3) is 11.1 Å². The Labute approximate surface area is 160 Å². The van der Waals surface area contributed by atoms with Crippen LogP contribution in [0.4, 0.5) is 4.79 Å². The second-order valence-electron chi connectivity index (χ2n) is 6.73. The topological polar surface area (TPSA) is 58.6 Å². The molecule has 0 fully saturated rings. The summed E-state index contributed by atoms with van der Waals surface area (Å²) in [6, 6.07) is 16.6. The number of carbonyl (C=O) groups is 1. The van der Waals surface area contributed by atoms with E-state index in [9.17, 15) is 4.79 Å². The van der Waals surface area contributed by atoms with Crippen molar-refractivity contribution in [2.45, 2.75) is 31.6 Å². The average Bonchev–Trinajstić information content (AvgIpc) is 3.02. The van der Waals surface area contributed by atoms with Crippen LogP contribution in [-0.2, 0) is 4.74 Å². The van der Waals surface area contributed by atoms with Gasteiger partial charge in [0.25, 0.3) is 0 Å². The van der Waals surface area contributed by atoms with Crippen molar-refractivity contribution in [2.24, 2.45) is 0 Å². The van der Waals surface area contributed by atoms with Gasteiger partial charge < -0.3 is 15.2 Å². The summed E-state index contributed by atoms with van der Waals surface area (Å²) in [7, 11) is 0. The number of benzene rings is 2. The molecule has 2 aromatic carbocycles. The standard InChI is InChI=1S/C23H27NO3/c25-16-10-4-2-1-3-9-15-24-23(26)27-17-22-20-13-7-5-11-18(20)19-12-6-8-14-21(19)22/h1-2,5-8,11-14,22,25H,3-4,9-10,15-17H2,(H,24,26)/b2-1-. The maximum absolute atomic E-state index is 12.0. The number of hydrogen-bond acceptors (Lipinski definition) is 3. The highest BCUT2D eigenvalue weighted by Gasteiger charge is 2.28. The van der Waals surface area contributed by atoms with Crippen molar-refractivity contribution in [2.75, 3.05) is 19.8 Å². The first-order chi connectivity index (χ1) is 13.3. The molecule has 1 aliphatic carbocycles. The van der Waals surface area contributed by atoms with Crippen LogP contribution in [0.15, 0.2) is 60.7 Å². The van der Waals surface area contributed by atoms with E-state index in [1.807, 2.05) is 24.3 Å². The highest BCUT2D eigenvalue weighted by Crippen LogP contribution is 2.44. The summed E-state index contributed by atoms with van der Waals surface area (Å²) in [5.74, 6) is 0.0950. The minimum atomic E-state index is -0.360. The molecule has 0 radical (unpaired) electrons. The van der Waals surface area contributed by atoms with Crippen molar-refractivity contribution in [1.82, 2.24) is 5.32 Å².